The molecule has 0 fully saturated rings. The summed E-state index contributed by atoms with van der Waals surface area (Å²) >= 11 is 0. The number of benzene rings is 11. The van der Waals surface area contributed by atoms with Gasteiger partial charge in [-0.3, -0.25) is 0 Å². The fourth-order valence-corrected chi connectivity index (χ4v) is 17.9. The third kappa shape index (κ3) is 9.93. The molecule has 0 aliphatic carbocycles. The SMILES string of the molecule is [C-]#[N+]c1cc2c3c(c1)N(c1c(C)cc(C)cc1C)c1cc4c(cc1B3c1cc(C(C)(C)C)ccc1O2)B1c2cc3c(cc2N(c2c(C)cc(C)cc2C)c2cc(C#N)cc(c21)N4c1ccc(C(C)(C)C)cc1)N(c1ccc(C(C)(C)C)cc1)c1cc(C#N)cc2c1B3c1cc(C(C)(C)C)ccc1O2. The standard InChI is InChI=1S/C91H82B3N7O2/c1-50-32-52(3)86(53(4)33-50)100-73-47-72-66(93-69-40-60(90(13,14)15)24-30-79(69)102-81-39-57(49-96)38-77(84(81)93)99(72)64-28-22-59(23-29-64)89(10,11)12)45-67(73)92-65-44-68-74(46-71(65)98(63-26-20-58(21-27-63)88(7,8)9)75-36-56(48-95)37-76(100)83(75)92)101(87-54(5)34-51(2)35-55(87)6)78-42-62(97-19)43-82-85(78)94(68)70-41-61(91(16,17)18)25-31-80(70)103-82/h20-47H,1-18H3. The number of aryl methyl sites for hydroxylation is 6. The third-order valence-corrected chi connectivity index (χ3v) is 22.7. The van der Waals surface area contributed by atoms with Gasteiger partial charge in [0.25, 0.3) is 20.1 Å². The van der Waals surface area contributed by atoms with E-state index in [0.29, 0.717) is 28.3 Å². The van der Waals surface area contributed by atoms with Crippen molar-refractivity contribution in [3.05, 3.63) is 248 Å². The van der Waals surface area contributed by atoms with Crippen LogP contribution in [-0.2, 0) is 21.7 Å². The van der Waals surface area contributed by atoms with Gasteiger partial charge in [-0.15, -0.1) is 0 Å². The van der Waals surface area contributed by atoms with Crippen LogP contribution in [0.3, 0.4) is 0 Å². The van der Waals surface area contributed by atoms with E-state index in [1.165, 1.54) is 33.4 Å². The molecule has 0 bridgehead atoms. The molecule has 11 aromatic carbocycles. The highest BCUT2D eigenvalue weighted by Gasteiger charge is 2.51. The maximum atomic E-state index is 11.8. The molecule has 0 radical (unpaired) electrons. The van der Waals surface area contributed by atoms with Gasteiger partial charge >= 0.3 is 0 Å². The molecular weight excluding hydrogens is 1260 g/mol. The Bertz CT molecular complexity index is 5680. The maximum absolute atomic E-state index is 11.8. The van der Waals surface area contributed by atoms with Gasteiger partial charge in [-0.25, -0.2) is 4.85 Å². The number of nitriles is 2. The van der Waals surface area contributed by atoms with Crippen molar-refractivity contribution in [3.63, 3.8) is 0 Å². The van der Waals surface area contributed by atoms with Gasteiger partial charge in [0.05, 0.1) is 41.2 Å². The Morgan fingerprint density at radius 2 is 0.660 bits per heavy atom. The Balaban J connectivity index is 1.05. The van der Waals surface area contributed by atoms with Crippen LogP contribution < -0.4 is 78.2 Å². The van der Waals surface area contributed by atoms with Crippen LogP contribution in [-0.4, -0.2) is 20.1 Å². The predicted octanol–water partition coefficient (Wildman–Crippen LogP) is 17.9. The number of ether oxygens (including phenoxy) is 2. The van der Waals surface area contributed by atoms with Crippen molar-refractivity contribution in [2.75, 3.05) is 19.6 Å². The van der Waals surface area contributed by atoms with Crippen LogP contribution >= 0.6 is 0 Å². The van der Waals surface area contributed by atoms with Gasteiger partial charge in [-0.1, -0.05) is 179 Å². The van der Waals surface area contributed by atoms with Crippen molar-refractivity contribution in [2.24, 2.45) is 0 Å². The van der Waals surface area contributed by atoms with E-state index in [-0.39, 0.29) is 35.1 Å². The minimum absolute atomic E-state index is 0.113. The van der Waals surface area contributed by atoms with Crippen LogP contribution in [0.5, 0.6) is 23.0 Å². The van der Waals surface area contributed by atoms with Crippen LogP contribution in [0.4, 0.5) is 73.9 Å². The van der Waals surface area contributed by atoms with Crippen molar-refractivity contribution >= 4 is 143 Å². The van der Waals surface area contributed by atoms with Crippen molar-refractivity contribution in [1.29, 1.82) is 10.5 Å². The quantitative estimate of drug-likeness (QED) is 0.127. The number of hydrogen-bond donors (Lipinski definition) is 0. The summed E-state index contributed by atoms with van der Waals surface area (Å²) < 4.78 is 14.4. The molecule has 0 aromatic heterocycles. The molecule has 6 aliphatic rings. The summed E-state index contributed by atoms with van der Waals surface area (Å²) in [5.41, 5.74) is 33.9. The Labute approximate surface area is 608 Å². The molecule has 0 atom stereocenters. The molecule has 6 aliphatic heterocycles. The van der Waals surface area contributed by atoms with Crippen molar-refractivity contribution in [3.8, 4) is 35.1 Å². The zero-order valence-corrected chi connectivity index (χ0v) is 62.3. The third-order valence-electron chi connectivity index (χ3n) is 22.7. The monoisotopic (exact) mass is 1340 g/mol. The average Bonchev–Trinajstić information content (AvgIpc) is 0.679. The molecule has 0 saturated carbocycles. The Kier molecular flexibility index (Phi) is 14.2. The predicted molar refractivity (Wildman–Crippen MR) is 431 cm³/mol. The summed E-state index contributed by atoms with van der Waals surface area (Å²) in [6, 6.07) is 68.3. The van der Waals surface area contributed by atoms with Crippen LogP contribution in [0.2, 0.25) is 0 Å². The van der Waals surface area contributed by atoms with Crippen LogP contribution in [0, 0.1) is 70.8 Å². The van der Waals surface area contributed by atoms with Crippen molar-refractivity contribution in [2.45, 2.75) is 146 Å². The van der Waals surface area contributed by atoms with Crippen molar-refractivity contribution < 1.29 is 9.47 Å². The first-order chi connectivity index (χ1) is 48.9. The van der Waals surface area contributed by atoms with Gasteiger partial charge in [-0.05, 0) is 242 Å². The van der Waals surface area contributed by atoms with E-state index in [2.05, 4.69) is 319 Å². The van der Waals surface area contributed by atoms with E-state index in [9.17, 15) is 10.5 Å². The smallest absolute Gasteiger partial charge is 0.256 e. The number of anilines is 12. The van der Waals surface area contributed by atoms with E-state index in [4.69, 9.17) is 16.0 Å². The molecule has 0 N–H and O–H groups in total. The molecule has 17 rings (SSSR count). The average molecular weight is 1340 g/mol. The highest BCUT2D eigenvalue weighted by molar-refractivity contribution is 7.04. The highest BCUT2D eigenvalue weighted by atomic mass is 16.5. The minimum atomic E-state index is -0.436. The fraction of sp³-hybridized carbons (Fsp3) is 0.242. The first-order valence-corrected chi connectivity index (χ1v) is 36.2. The zero-order chi connectivity index (χ0) is 72.3. The number of hydrogen-bond acceptors (Lipinski definition) is 8. The van der Waals surface area contributed by atoms with Gasteiger partial charge in [0.2, 0.25) is 0 Å². The molecule has 502 valence electrons. The lowest BCUT2D eigenvalue weighted by Crippen LogP contribution is -2.66. The zero-order valence-electron chi connectivity index (χ0n) is 62.3. The molecule has 0 amide bonds. The molecule has 11 aromatic rings. The number of nitrogens with zero attached hydrogens (tertiary/aromatic N) is 7. The normalized spacial score (nSPS) is 14.1. The molecule has 0 unspecified atom stereocenters. The summed E-state index contributed by atoms with van der Waals surface area (Å²) in [5, 5.41) is 22.9. The summed E-state index contributed by atoms with van der Waals surface area (Å²) in [6.07, 6.45) is 0. The molecule has 0 spiro atoms. The largest absolute Gasteiger partial charge is 0.460 e. The second-order valence-electron chi connectivity index (χ2n) is 33.9. The second kappa shape index (κ2) is 22.4. The Morgan fingerprint density at radius 3 is 1.04 bits per heavy atom. The molecule has 9 nitrogen and oxygen atoms in total. The second-order valence-corrected chi connectivity index (χ2v) is 33.9. The maximum Gasteiger partial charge on any atom is 0.256 e. The summed E-state index contributed by atoms with van der Waals surface area (Å²) in [4.78, 5) is 14.0. The number of rotatable bonds is 4. The van der Waals surface area contributed by atoms with E-state index in [1.807, 2.05) is 12.1 Å². The molecule has 12 heteroatoms. The van der Waals surface area contributed by atoms with Crippen molar-refractivity contribution in [1.82, 2.24) is 0 Å². The van der Waals surface area contributed by atoms with Gasteiger partial charge in [0.1, 0.15) is 23.0 Å². The van der Waals surface area contributed by atoms with Crippen LogP contribution in [0.15, 0.2) is 170 Å². The van der Waals surface area contributed by atoms with Gasteiger partial charge in [-0.2, -0.15) is 10.5 Å². The van der Waals surface area contributed by atoms with Gasteiger partial charge < -0.3 is 29.1 Å². The summed E-state index contributed by atoms with van der Waals surface area (Å²) in [5.74, 6) is 2.88. The van der Waals surface area contributed by atoms with E-state index < -0.39 is 6.71 Å². The van der Waals surface area contributed by atoms with Crippen LogP contribution in [0.1, 0.15) is 150 Å². The summed E-state index contributed by atoms with van der Waals surface area (Å²) in [7, 11) is 0. The molecule has 103 heavy (non-hydrogen) atoms. The fourth-order valence-electron chi connectivity index (χ4n) is 17.9. The first kappa shape index (κ1) is 65.2. The molecular formula is C91H82B3N7O2. The lowest BCUT2D eigenvalue weighted by molar-refractivity contribution is 0.486. The first-order valence-electron chi connectivity index (χ1n) is 36.2. The van der Waals surface area contributed by atoms with Gasteiger partial charge in [0, 0.05) is 56.9 Å². The molecule has 6 heterocycles. The topological polar surface area (TPSA) is 83.4 Å². The Morgan fingerprint density at radius 1 is 0.330 bits per heavy atom. The van der Waals surface area contributed by atoms with E-state index in [1.54, 1.807) is 0 Å². The van der Waals surface area contributed by atoms with Crippen LogP contribution in [0.25, 0.3) is 4.85 Å². The van der Waals surface area contributed by atoms with E-state index in [0.717, 1.165) is 151 Å². The van der Waals surface area contributed by atoms with Gasteiger partial charge in [0.15, 0.2) is 5.69 Å². The lowest BCUT2D eigenvalue weighted by Gasteiger charge is -2.48. The summed E-state index contributed by atoms with van der Waals surface area (Å²) in [6.45, 7) is 48.0. The van der Waals surface area contributed by atoms with E-state index >= 15 is 0 Å². The Hall–Kier alpha value is -11.1. The molecule has 0 saturated heterocycles. The number of fused-ring (bicyclic) bond motifs is 12. The highest BCUT2D eigenvalue weighted by Crippen LogP contribution is 2.53. The lowest BCUT2D eigenvalue weighted by atomic mass is 9.29. The minimum Gasteiger partial charge on any atom is -0.460 e.